The van der Waals surface area contributed by atoms with E-state index in [2.05, 4.69) is 13.8 Å². The van der Waals surface area contributed by atoms with Crippen molar-refractivity contribution in [2.75, 3.05) is 11.5 Å². The number of nitrogen functional groups attached to an aromatic ring is 1. The summed E-state index contributed by atoms with van der Waals surface area (Å²) in [5.74, 6) is 1.52. The number of ether oxygens (including phenoxy) is 1. The summed E-state index contributed by atoms with van der Waals surface area (Å²) in [6.45, 7) is 4.21. The zero-order valence-electron chi connectivity index (χ0n) is 12.6. The lowest BCUT2D eigenvalue weighted by molar-refractivity contribution is 0.0696. The summed E-state index contributed by atoms with van der Waals surface area (Å²) in [6.07, 6.45) is 0. The normalized spacial score (nSPS) is 10.7. The fraction of sp³-hybridized carbons (Fsp3) is 0.235. The monoisotopic (exact) mass is 317 g/mol. The molecular weight excluding hydrogens is 298 g/mol. The summed E-state index contributed by atoms with van der Waals surface area (Å²) >= 11 is 1.55. The molecule has 0 saturated heterocycles. The highest BCUT2D eigenvalue weighted by Crippen LogP contribution is 2.39. The Bertz CT molecular complexity index is 656. The summed E-state index contributed by atoms with van der Waals surface area (Å²) in [5.41, 5.74) is 6.51. The van der Waals surface area contributed by atoms with Gasteiger partial charge in [-0.2, -0.15) is 0 Å². The van der Waals surface area contributed by atoms with Crippen molar-refractivity contribution in [3.8, 4) is 11.5 Å². The highest BCUT2D eigenvalue weighted by atomic mass is 32.2. The fourth-order valence-electron chi connectivity index (χ4n) is 1.83. The minimum Gasteiger partial charge on any atom is -0.478 e. The first kappa shape index (κ1) is 16.2. The summed E-state index contributed by atoms with van der Waals surface area (Å²) in [6, 6.07) is 12.4. The van der Waals surface area contributed by atoms with Gasteiger partial charge in [0.15, 0.2) is 5.75 Å². The third-order valence-electron chi connectivity index (χ3n) is 2.87. The Morgan fingerprint density at radius 1 is 1.27 bits per heavy atom. The third kappa shape index (κ3) is 4.18. The van der Waals surface area contributed by atoms with Crippen LogP contribution < -0.4 is 10.5 Å². The van der Waals surface area contributed by atoms with Crippen LogP contribution in [-0.4, -0.2) is 16.8 Å². The van der Waals surface area contributed by atoms with Gasteiger partial charge in [0.05, 0.1) is 16.1 Å². The molecule has 4 nitrogen and oxygen atoms in total. The highest BCUT2D eigenvalue weighted by molar-refractivity contribution is 7.99. The number of benzene rings is 2. The molecule has 5 heteroatoms. The van der Waals surface area contributed by atoms with Gasteiger partial charge < -0.3 is 15.6 Å². The largest absolute Gasteiger partial charge is 0.478 e. The highest BCUT2D eigenvalue weighted by Gasteiger charge is 2.15. The van der Waals surface area contributed by atoms with E-state index in [0.29, 0.717) is 23.1 Å². The molecule has 0 aromatic heterocycles. The predicted octanol–water partition coefficient (Wildman–Crippen LogP) is 4.51. The average molecular weight is 317 g/mol. The first-order valence-electron chi connectivity index (χ1n) is 7.00. The van der Waals surface area contributed by atoms with E-state index in [1.165, 1.54) is 6.07 Å². The van der Waals surface area contributed by atoms with Crippen molar-refractivity contribution in [1.29, 1.82) is 0 Å². The lowest BCUT2D eigenvalue weighted by atomic mass is 10.2. The van der Waals surface area contributed by atoms with Crippen LogP contribution in [0.1, 0.15) is 24.2 Å². The standard InChI is InChI=1S/C17H19NO3S/c1-11(2)10-22-15-9-12(17(19)20)8-14(18)16(15)21-13-6-4-3-5-7-13/h3-9,11H,10,18H2,1-2H3,(H,19,20). The Kier molecular flexibility index (Phi) is 5.33. The first-order chi connectivity index (χ1) is 10.5. The molecule has 2 aromatic rings. The summed E-state index contributed by atoms with van der Waals surface area (Å²) in [7, 11) is 0. The van der Waals surface area contributed by atoms with Crippen molar-refractivity contribution >= 4 is 23.4 Å². The van der Waals surface area contributed by atoms with Crippen LogP contribution in [0.5, 0.6) is 11.5 Å². The van der Waals surface area contributed by atoms with E-state index in [9.17, 15) is 9.90 Å². The maximum atomic E-state index is 11.2. The molecule has 116 valence electrons. The van der Waals surface area contributed by atoms with Crippen LogP contribution in [0.15, 0.2) is 47.4 Å². The van der Waals surface area contributed by atoms with Gasteiger partial charge in [-0.15, -0.1) is 11.8 Å². The van der Waals surface area contributed by atoms with Crippen LogP contribution in [0.2, 0.25) is 0 Å². The topological polar surface area (TPSA) is 72.5 Å². The molecular formula is C17H19NO3S. The fourth-order valence-corrected chi connectivity index (χ4v) is 2.84. The van der Waals surface area contributed by atoms with E-state index in [4.69, 9.17) is 10.5 Å². The van der Waals surface area contributed by atoms with E-state index < -0.39 is 5.97 Å². The predicted molar refractivity (Wildman–Crippen MR) is 89.9 cm³/mol. The second-order valence-corrected chi connectivity index (χ2v) is 6.38. The second-order valence-electron chi connectivity index (χ2n) is 5.32. The molecule has 0 spiro atoms. The van der Waals surface area contributed by atoms with Gasteiger partial charge >= 0.3 is 5.97 Å². The van der Waals surface area contributed by atoms with E-state index in [-0.39, 0.29) is 5.56 Å². The molecule has 0 heterocycles. The Hall–Kier alpha value is -2.14. The Morgan fingerprint density at radius 3 is 2.55 bits per heavy atom. The molecule has 0 aliphatic heterocycles. The van der Waals surface area contributed by atoms with Crippen molar-refractivity contribution in [2.24, 2.45) is 5.92 Å². The lowest BCUT2D eigenvalue weighted by Gasteiger charge is -2.15. The number of carbonyl (C=O) groups is 1. The lowest BCUT2D eigenvalue weighted by Crippen LogP contribution is -2.02. The number of hydrogen-bond donors (Lipinski definition) is 2. The maximum Gasteiger partial charge on any atom is 0.335 e. The molecule has 0 fully saturated rings. The minimum absolute atomic E-state index is 0.171. The van der Waals surface area contributed by atoms with Crippen LogP contribution in [0.25, 0.3) is 0 Å². The molecule has 2 rings (SSSR count). The molecule has 0 unspecified atom stereocenters. The zero-order valence-corrected chi connectivity index (χ0v) is 13.4. The van der Waals surface area contributed by atoms with Crippen LogP contribution in [0.3, 0.4) is 0 Å². The van der Waals surface area contributed by atoms with Crippen molar-refractivity contribution in [3.05, 3.63) is 48.0 Å². The summed E-state index contributed by atoms with van der Waals surface area (Å²) in [5, 5.41) is 9.19. The number of para-hydroxylation sites is 1. The van der Waals surface area contributed by atoms with Crippen LogP contribution in [0, 0.1) is 5.92 Å². The van der Waals surface area contributed by atoms with E-state index in [1.54, 1.807) is 17.8 Å². The van der Waals surface area contributed by atoms with Crippen molar-refractivity contribution in [2.45, 2.75) is 18.7 Å². The Balaban J connectivity index is 2.39. The van der Waals surface area contributed by atoms with Crippen molar-refractivity contribution in [3.63, 3.8) is 0 Å². The molecule has 0 radical (unpaired) electrons. The van der Waals surface area contributed by atoms with Gasteiger partial charge in [-0.1, -0.05) is 32.0 Å². The van der Waals surface area contributed by atoms with E-state index >= 15 is 0 Å². The summed E-state index contributed by atoms with van der Waals surface area (Å²) in [4.78, 5) is 12.0. The third-order valence-corrected chi connectivity index (χ3v) is 4.31. The maximum absolute atomic E-state index is 11.2. The number of aromatic carboxylic acids is 1. The van der Waals surface area contributed by atoms with Gasteiger partial charge in [0.2, 0.25) is 0 Å². The number of nitrogens with two attached hydrogens (primary N) is 1. The van der Waals surface area contributed by atoms with E-state index in [0.717, 1.165) is 10.6 Å². The van der Waals surface area contributed by atoms with Crippen LogP contribution in [0.4, 0.5) is 5.69 Å². The van der Waals surface area contributed by atoms with Gasteiger partial charge in [-0.05, 0) is 30.2 Å². The quantitative estimate of drug-likeness (QED) is 0.606. The molecule has 22 heavy (non-hydrogen) atoms. The number of thioether (sulfide) groups is 1. The summed E-state index contributed by atoms with van der Waals surface area (Å²) < 4.78 is 5.87. The minimum atomic E-state index is -0.996. The van der Waals surface area contributed by atoms with Gasteiger partial charge in [0.25, 0.3) is 0 Å². The molecule has 2 aromatic carbocycles. The van der Waals surface area contributed by atoms with Gasteiger partial charge in [-0.25, -0.2) is 4.79 Å². The number of carboxylic acids is 1. The average Bonchev–Trinajstić information content (AvgIpc) is 2.48. The van der Waals surface area contributed by atoms with Crippen molar-refractivity contribution in [1.82, 2.24) is 0 Å². The van der Waals surface area contributed by atoms with Crippen LogP contribution >= 0.6 is 11.8 Å². The number of rotatable bonds is 6. The first-order valence-corrected chi connectivity index (χ1v) is 7.98. The van der Waals surface area contributed by atoms with Gasteiger partial charge in [-0.3, -0.25) is 0 Å². The molecule has 0 bridgehead atoms. The Labute approximate surface area is 134 Å². The zero-order chi connectivity index (χ0) is 16.1. The van der Waals surface area contributed by atoms with Crippen LogP contribution in [-0.2, 0) is 0 Å². The SMILES string of the molecule is CC(C)CSc1cc(C(=O)O)cc(N)c1Oc1ccccc1. The number of hydrogen-bond acceptors (Lipinski definition) is 4. The second kappa shape index (κ2) is 7.22. The molecule has 0 aliphatic rings. The van der Waals surface area contributed by atoms with E-state index in [1.807, 2.05) is 30.3 Å². The molecule has 0 saturated carbocycles. The molecule has 0 atom stereocenters. The van der Waals surface area contributed by atoms with Gasteiger partial charge in [0.1, 0.15) is 5.75 Å². The number of carboxylic acid groups (broad SMARTS) is 1. The number of anilines is 1. The Morgan fingerprint density at radius 2 is 1.95 bits per heavy atom. The molecule has 0 amide bonds. The van der Waals surface area contributed by atoms with Crippen molar-refractivity contribution < 1.29 is 14.6 Å². The van der Waals surface area contributed by atoms with Gasteiger partial charge in [0, 0.05) is 5.75 Å². The molecule has 0 aliphatic carbocycles. The smallest absolute Gasteiger partial charge is 0.335 e. The molecule has 3 N–H and O–H groups in total.